The zero-order valence-electron chi connectivity index (χ0n) is 18.2. The van der Waals surface area contributed by atoms with Crippen molar-refractivity contribution in [2.75, 3.05) is 10.6 Å². The summed E-state index contributed by atoms with van der Waals surface area (Å²) in [5, 5.41) is 15.8. The first kappa shape index (κ1) is 25.1. The number of carbonyl (C=O) groups is 3. The van der Waals surface area contributed by atoms with E-state index in [0.29, 0.717) is 11.6 Å². The Bertz CT molecular complexity index is 1170. The fraction of sp³-hybridized carbons (Fsp3) is 0.381. The first-order valence-electron chi connectivity index (χ1n) is 10.1. The van der Waals surface area contributed by atoms with Gasteiger partial charge in [-0.15, -0.1) is 11.3 Å². The number of nitrogens with one attached hydrogen (secondary N) is 2. The van der Waals surface area contributed by atoms with Gasteiger partial charge in [0.25, 0.3) is 11.6 Å². The second-order valence-electron chi connectivity index (χ2n) is 7.77. The summed E-state index contributed by atoms with van der Waals surface area (Å²) >= 11 is 1.18. The first-order valence-corrected chi connectivity index (χ1v) is 10.9. The van der Waals surface area contributed by atoms with Crippen LogP contribution in [0.1, 0.15) is 46.1 Å². The number of alkyl halides is 3. The molecule has 0 radical (unpaired) electrons. The summed E-state index contributed by atoms with van der Waals surface area (Å²) in [5.41, 5.74) is -2.31. The van der Waals surface area contributed by atoms with Crippen LogP contribution < -0.4 is 10.6 Å². The molecule has 34 heavy (non-hydrogen) atoms. The third kappa shape index (κ3) is 5.53. The summed E-state index contributed by atoms with van der Waals surface area (Å²) in [6.07, 6.45) is -4.96. The van der Waals surface area contributed by atoms with Gasteiger partial charge in [0.05, 0.1) is 21.7 Å². The van der Waals surface area contributed by atoms with Crippen LogP contribution in [-0.2, 0) is 20.5 Å². The third-order valence-corrected chi connectivity index (χ3v) is 6.33. The highest BCUT2D eigenvalue weighted by atomic mass is 32.1. The second kappa shape index (κ2) is 9.41. The first-order chi connectivity index (χ1) is 15.8. The average molecular weight is 499 g/mol. The van der Waals surface area contributed by atoms with Crippen LogP contribution in [-0.4, -0.2) is 28.8 Å². The van der Waals surface area contributed by atoms with Gasteiger partial charge in [-0.3, -0.25) is 19.7 Å². The molecule has 1 heterocycles. The van der Waals surface area contributed by atoms with E-state index in [1.807, 2.05) is 5.32 Å². The molecular formula is C21H20F3N3O6S. The lowest BCUT2D eigenvalue weighted by molar-refractivity contribution is -0.385. The van der Waals surface area contributed by atoms with Gasteiger partial charge in [-0.1, -0.05) is 0 Å². The lowest BCUT2D eigenvalue weighted by Gasteiger charge is -2.17. The minimum absolute atomic E-state index is 0.0717. The van der Waals surface area contributed by atoms with Gasteiger partial charge in [-0.05, 0) is 45.2 Å². The number of halogens is 3. The number of anilines is 2. The summed E-state index contributed by atoms with van der Waals surface area (Å²) in [6.45, 7) is 4.56. The average Bonchev–Trinajstić information content (AvgIpc) is 3.54. The van der Waals surface area contributed by atoms with E-state index in [9.17, 15) is 37.7 Å². The van der Waals surface area contributed by atoms with Crippen molar-refractivity contribution < 1.29 is 37.2 Å². The number of amides is 2. The van der Waals surface area contributed by atoms with Crippen molar-refractivity contribution in [2.24, 2.45) is 5.92 Å². The zero-order valence-corrected chi connectivity index (χ0v) is 19.1. The van der Waals surface area contributed by atoms with Crippen molar-refractivity contribution in [1.29, 1.82) is 0 Å². The molecule has 3 rings (SSSR count). The minimum Gasteiger partial charge on any atom is -0.449 e. The molecule has 1 aromatic heterocycles. The zero-order chi connectivity index (χ0) is 25.4. The SMILES string of the molecule is Cc1sc(NC(=O)C2CC2)c(C(=O)O[C@H](C)C(=O)Nc2ccc([N+](=O)[O-])cc2C(F)(F)F)c1C. The van der Waals surface area contributed by atoms with Gasteiger partial charge in [0.15, 0.2) is 6.10 Å². The molecule has 9 nitrogen and oxygen atoms in total. The predicted octanol–water partition coefficient (Wildman–Crippen LogP) is 4.82. The maximum atomic E-state index is 13.3. The van der Waals surface area contributed by atoms with Crippen molar-refractivity contribution >= 4 is 45.5 Å². The Morgan fingerprint density at radius 3 is 2.41 bits per heavy atom. The molecule has 2 aromatic rings. The standard InChI is InChI=1S/C21H20F3N3O6S/c1-9-11(3)34-19(26-18(29)12-4-5-12)16(9)20(30)33-10(2)17(28)25-15-7-6-13(27(31)32)8-14(15)21(22,23)24/h6-8,10,12H,4-5H2,1-3H3,(H,25,28)(H,26,29)/t10-/m1/s1. The van der Waals surface area contributed by atoms with E-state index in [2.05, 4.69) is 5.32 Å². The molecule has 0 saturated heterocycles. The smallest absolute Gasteiger partial charge is 0.418 e. The Kier molecular flexibility index (Phi) is 6.96. The number of aryl methyl sites for hydroxylation is 1. The van der Waals surface area contributed by atoms with Crippen molar-refractivity contribution in [3.05, 3.63) is 49.9 Å². The van der Waals surface area contributed by atoms with Crippen LogP contribution in [0.15, 0.2) is 18.2 Å². The quantitative estimate of drug-likeness (QED) is 0.319. The van der Waals surface area contributed by atoms with Crippen LogP contribution >= 0.6 is 11.3 Å². The van der Waals surface area contributed by atoms with E-state index in [0.717, 1.165) is 29.9 Å². The van der Waals surface area contributed by atoms with Gasteiger partial charge in [0.1, 0.15) is 5.00 Å². The van der Waals surface area contributed by atoms with E-state index >= 15 is 0 Å². The highest BCUT2D eigenvalue weighted by molar-refractivity contribution is 7.16. The molecule has 182 valence electrons. The fourth-order valence-corrected chi connectivity index (χ4v) is 4.07. The second-order valence-corrected chi connectivity index (χ2v) is 9.00. The van der Waals surface area contributed by atoms with Crippen LogP contribution in [0.25, 0.3) is 0 Å². The summed E-state index contributed by atoms with van der Waals surface area (Å²) in [6, 6.07) is 1.87. The number of non-ortho nitro benzene ring substituents is 1. The Balaban J connectivity index is 1.76. The Morgan fingerprint density at radius 2 is 1.85 bits per heavy atom. The van der Waals surface area contributed by atoms with Crippen LogP contribution in [0.3, 0.4) is 0 Å². The number of nitro benzene ring substituents is 1. The van der Waals surface area contributed by atoms with E-state index in [1.165, 1.54) is 18.3 Å². The lowest BCUT2D eigenvalue weighted by Crippen LogP contribution is -2.31. The number of nitro groups is 1. The maximum Gasteiger partial charge on any atom is 0.418 e. The van der Waals surface area contributed by atoms with E-state index < -0.39 is 46.0 Å². The number of nitrogens with zero attached hydrogens (tertiary/aromatic N) is 1. The normalized spacial score (nSPS) is 14.3. The molecule has 13 heteroatoms. The number of thiophene rings is 1. The number of esters is 1. The summed E-state index contributed by atoms with van der Waals surface area (Å²) < 4.78 is 45.2. The van der Waals surface area contributed by atoms with Gasteiger partial charge in [-0.25, -0.2) is 4.79 Å². The van der Waals surface area contributed by atoms with Crippen LogP contribution in [0, 0.1) is 29.9 Å². The number of rotatable bonds is 7. The molecule has 0 bridgehead atoms. The Morgan fingerprint density at radius 1 is 1.21 bits per heavy atom. The van der Waals surface area contributed by atoms with Crippen LogP contribution in [0.4, 0.5) is 29.5 Å². The van der Waals surface area contributed by atoms with Crippen molar-refractivity contribution in [3.8, 4) is 0 Å². The van der Waals surface area contributed by atoms with Gasteiger partial charge in [0.2, 0.25) is 5.91 Å². The molecule has 1 atom stereocenters. The molecule has 1 saturated carbocycles. The number of ether oxygens (including phenoxy) is 1. The molecule has 0 aliphatic heterocycles. The van der Waals surface area contributed by atoms with Crippen molar-refractivity contribution in [3.63, 3.8) is 0 Å². The Hall–Kier alpha value is -3.48. The molecule has 0 spiro atoms. The van der Waals surface area contributed by atoms with E-state index in [4.69, 9.17) is 4.74 Å². The molecule has 1 aliphatic carbocycles. The number of benzene rings is 1. The fourth-order valence-electron chi connectivity index (χ4n) is 3.02. The van der Waals surface area contributed by atoms with Crippen LogP contribution in [0.2, 0.25) is 0 Å². The maximum absolute atomic E-state index is 13.3. The molecule has 0 unspecified atom stereocenters. The minimum atomic E-state index is -4.98. The predicted molar refractivity (Wildman–Crippen MR) is 117 cm³/mol. The lowest BCUT2D eigenvalue weighted by atomic mass is 10.1. The van der Waals surface area contributed by atoms with Gasteiger partial charge in [0, 0.05) is 22.9 Å². The molecule has 2 amide bonds. The van der Waals surface area contributed by atoms with Crippen molar-refractivity contribution in [1.82, 2.24) is 0 Å². The number of carbonyl (C=O) groups excluding carboxylic acids is 3. The Labute approximate surface area is 195 Å². The molecule has 1 fully saturated rings. The number of hydrogen-bond donors (Lipinski definition) is 2. The molecule has 1 aliphatic rings. The van der Waals surface area contributed by atoms with Gasteiger partial charge >= 0.3 is 12.1 Å². The van der Waals surface area contributed by atoms with E-state index in [-0.39, 0.29) is 22.4 Å². The monoisotopic (exact) mass is 499 g/mol. The molecular weight excluding hydrogens is 479 g/mol. The summed E-state index contributed by atoms with van der Waals surface area (Å²) in [7, 11) is 0. The third-order valence-electron chi connectivity index (χ3n) is 5.20. The van der Waals surface area contributed by atoms with Gasteiger partial charge < -0.3 is 15.4 Å². The van der Waals surface area contributed by atoms with E-state index in [1.54, 1.807) is 13.8 Å². The molecule has 1 aromatic carbocycles. The largest absolute Gasteiger partial charge is 0.449 e. The summed E-state index contributed by atoms with van der Waals surface area (Å²) in [5.74, 6) is -2.32. The topological polar surface area (TPSA) is 128 Å². The molecule has 2 N–H and O–H groups in total. The highest BCUT2D eigenvalue weighted by Crippen LogP contribution is 2.38. The number of hydrogen-bond acceptors (Lipinski definition) is 7. The highest BCUT2D eigenvalue weighted by Gasteiger charge is 2.36. The van der Waals surface area contributed by atoms with Gasteiger partial charge in [-0.2, -0.15) is 13.2 Å². The summed E-state index contributed by atoms with van der Waals surface area (Å²) in [4.78, 5) is 47.9. The van der Waals surface area contributed by atoms with Crippen molar-refractivity contribution in [2.45, 2.75) is 45.9 Å². The van der Waals surface area contributed by atoms with Crippen LogP contribution in [0.5, 0.6) is 0 Å².